The fraction of sp³-hybridized carbons (Fsp3) is 1.00. The molecule has 15 heavy (non-hydrogen) atoms. The zero-order valence-electron chi connectivity index (χ0n) is 10.1. The van der Waals surface area contributed by atoms with E-state index in [4.69, 9.17) is 9.47 Å². The topological polar surface area (TPSA) is 21.7 Å². The Balaban J connectivity index is 1.80. The van der Waals surface area contributed by atoms with E-state index in [1.807, 2.05) is 14.2 Å². The van der Waals surface area contributed by atoms with Crippen LogP contribution in [0.1, 0.15) is 26.2 Å². The third kappa shape index (κ3) is 2.35. The highest BCUT2D eigenvalue weighted by Crippen LogP contribution is 2.31. The third-order valence-electron chi connectivity index (χ3n) is 4.14. The van der Waals surface area contributed by atoms with Crippen molar-refractivity contribution in [3.63, 3.8) is 0 Å². The molecule has 1 aliphatic heterocycles. The van der Waals surface area contributed by atoms with E-state index in [-0.39, 0.29) is 0 Å². The SMILES string of the molecule is CO[C@@H]1CN([C@H]2C[C@H](OC)C2)CC[C@H]1C. The fourth-order valence-corrected chi connectivity index (χ4v) is 2.72. The van der Waals surface area contributed by atoms with Crippen LogP contribution in [-0.2, 0) is 9.47 Å². The predicted molar refractivity (Wildman–Crippen MR) is 60.0 cm³/mol. The minimum absolute atomic E-state index is 0.431. The lowest BCUT2D eigenvalue weighted by molar-refractivity contribution is -0.0710. The molecule has 1 saturated carbocycles. The van der Waals surface area contributed by atoms with Crippen molar-refractivity contribution in [3.05, 3.63) is 0 Å². The van der Waals surface area contributed by atoms with Gasteiger partial charge in [0.05, 0.1) is 12.2 Å². The first-order chi connectivity index (χ1) is 7.24. The molecule has 3 nitrogen and oxygen atoms in total. The number of nitrogens with zero attached hydrogens (tertiary/aromatic N) is 1. The molecule has 0 amide bonds. The first-order valence-electron chi connectivity index (χ1n) is 6.04. The molecule has 3 heteroatoms. The molecule has 0 radical (unpaired) electrons. The van der Waals surface area contributed by atoms with Gasteiger partial charge in [-0.25, -0.2) is 0 Å². The molecule has 2 rings (SSSR count). The normalized spacial score (nSPS) is 42.6. The van der Waals surface area contributed by atoms with Gasteiger partial charge in [0, 0.05) is 26.8 Å². The van der Waals surface area contributed by atoms with Gasteiger partial charge in [0.2, 0.25) is 0 Å². The average Bonchev–Trinajstić information content (AvgIpc) is 2.19. The smallest absolute Gasteiger partial charge is 0.0724 e. The standard InChI is InChI=1S/C12H23NO2/c1-9-4-5-13(8-12(9)15-3)10-6-11(7-10)14-2/h9-12H,4-8H2,1-3H3/t9-,10-,11-,12-/m1/s1. The van der Waals surface area contributed by atoms with Crippen LogP contribution in [-0.4, -0.2) is 50.5 Å². The van der Waals surface area contributed by atoms with Crippen molar-refractivity contribution in [2.75, 3.05) is 27.3 Å². The Bertz CT molecular complexity index is 204. The van der Waals surface area contributed by atoms with Gasteiger partial charge in [-0.15, -0.1) is 0 Å². The molecule has 1 heterocycles. The molecule has 2 atom stereocenters. The quantitative estimate of drug-likeness (QED) is 0.709. The maximum Gasteiger partial charge on any atom is 0.0724 e. The Kier molecular flexibility index (Phi) is 3.65. The second kappa shape index (κ2) is 4.81. The van der Waals surface area contributed by atoms with Gasteiger partial charge < -0.3 is 9.47 Å². The van der Waals surface area contributed by atoms with Gasteiger partial charge in [0.1, 0.15) is 0 Å². The molecule has 2 fully saturated rings. The zero-order chi connectivity index (χ0) is 10.8. The van der Waals surface area contributed by atoms with E-state index < -0.39 is 0 Å². The van der Waals surface area contributed by atoms with E-state index in [0.717, 1.165) is 12.6 Å². The third-order valence-corrected chi connectivity index (χ3v) is 4.14. The Morgan fingerprint density at radius 3 is 2.47 bits per heavy atom. The minimum Gasteiger partial charge on any atom is -0.381 e. The fourth-order valence-electron chi connectivity index (χ4n) is 2.72. The number of methoxy groups -OCH3 is 2. The van der Waals surface area contributed by atoms with Crippen molar-refractivity contribution in [2.45, 2.75) is 44.4 Å². The second-order valence-electron chi connectivity index (χ2n) is 5.02. The highest BCUT2D eigenvalue weighted by molar-refractivity contribution is 4.91. The predicted octanol–water partition coefficient (Wildman–Crippen LogP) is 1.52. The number of hydrogen-bond acceptors (Lipinski definition) is 3. The van der Waals surface area contributed by atoms with Gasteiger partial charge >= 0.3 is 0 Å². The van der Waals surface area contributed by atoms with Crippen molar-refractivity contribution in [3.8, 4) is 0 Å². The summed E-state index contributed by atoms with van der Waals surface area (Å²) in [5, 5.41) is 0. The molecule has 0 bridgehead atoms. The molecule has 1 aliphatic carbocycles. The van der Waals surface area contributed by atoms with Crippen LogP contribution < -0.4 is 0 Å². The molecule has 0 aromatic rings. The number of likely N-dealkylation sites (tertiary alicyclic amines) is 1. The van der Waals surface area contributed by atoms with Gasteiger partial charge in [-0.3, -0.25) is 4.90 Å². The summed E-state index contributed by atoms with van der Waals surface area (Å²) < 4.78 is 10.9. The lowest BCUT2D eigenvalue weighted by atomic mass is 9.85. The molecule has 0 spiro atoms. The van der Waals surface area contributed by atoms with Crippen molar-refractivity contribution >= 4 is 0 Å². The van der Waals surface area contributed by atoms with Crippen LogP contribution in [0.25, 0.3) is 0 Å². The van der Waals surface area contributed by atoms with Gasteiger partial charge in [0.25, 0.3) is 0 Å². The first-order valence-corrected chi connectivity index (χ1v) is 6.04. The van der Waals surface area contributed by atoms with Crippen LogP contribution >= 0.6 is 0 Å². The molecule has 0 N–H and O–H groups in total. The average molecular weight is 213 g/mol. The zero-order valence-corrected chi connectivity index (χ0v) is 10.1. The van der Waals surface area contributed by atoms with E-state index in [1.54, 1.807) is 0 Å². The second-order valence-corrected chi connectivity index (χ2v) is 5.02. The number of piperidine rings is 1. The molecule has 2 aliphatic rings. The van der Waals surface area contributed by atoms with Crippen molar-refractivity contribution in [2.24, 2.45) is 5.92 Å². The van der Waals surface area contributed by atoms with E-state index in [1.165, 1.54) is 25.8 Å². The van der Waals surface area contributed by atoms with Gasteiger partial charge in [-0.1, -0.05) is 6.92 Å². The Labute approximate surface area is 92.7 Å². The van der Waals surface area contributed by atoms with Crippen LogP contribution in [0, 0.1) is 5.92 Å². The van der Waals surface area contributed by atoms with E-state index >= 15 is 0 Å². The summed E-state index contributed by atoms with van der Waals surface area (Å²) in [7, 11) is 3.65. The van der Waals surface area contributed by atoms with E-state index in [0.29, 0.717) is 18.1 Å². The summed E-state index contributed by atoms with van der Waals surface area (Å²) in [6.07, 6.45) is 4.63. The minimum atomic E-state index is 0.431. The summed E-state index contributed by atoms with van der Waals surface area (Å²) in [6, 6.07) is 0.750. The molecular formula is C12H23NO2. The molecule has 1 saturated heterocycles. The number of rotatable bonds is 3. The molecule has 0 unspecified atom stereocenters. The number of ether oxygens (including phenoxy) is 2. The summed E-state index contributed by atoms with van der Waals surface area (Å²) in [5.41, 5.74) is 0. The summed E-state index contributed by atoms with van der Waals surface area (Å²) in [5.74, 6) is 0.713. The Morgan fingerprint density at radius 1 is 1.13 bits per heavy atom. The van der Waals surface area contributed by atoms with Gasteiger partial charge in [-0.2, -0.15) is 0 Å². The van der Waals surface area contributed by atoms with E-state index in [2.05, 4.69) is 11.8 Å². The molecule has 0 aromatic heterocycles. The molecular weight excluding hydrogens is 190 g/mol. The highest BCUT2D eigenvalue weighted by atomic mass is 16.5. The van der Waals surface area contributed by atoms with Crippen molar-refractivity contribution < 1.29 is 9.47 Å². The van der Waals surface area contributed by atoms with Gasteiger partial charge in [-0.05, 0) is 31.7 Å². The lowest BCUT2D eigenvalue weighted by Gasteiger charge is -2.46. The molecule has 0 aromatic carbocycles. The summed E-state index contributed by atoms with van der Waals surface area (Å²) >= 11 is 0. The summed E-state index contributed by atoms with van der Waals surface area (Å²) in [6.45, 7) is 4.64. The van der Waals surface area contributed by atoms with Crippen LogP contribution in [0.15, 0.2) is 0 Å². The van der Waals surface area contributed by atoms with Crippen LogP contribution in [0.4, 0.5) is 0 Å². The first kappa shape index (κ1) is 11.4. The van der Waals surface area contributed by atoms with E-state index in [9.17, 15) is 0 Å². The number of hydrogen-bond donors (Lipinski definition) is 0. The Hall–Kier alpha value is -0.120. The van der Waals surface area contributed by atoms with Crippen LogP contribution in [0.2, 0.25) is 0 Å². The highest BCUT2D eigenvalue weighted by Gasteiger charge is 2.37. The van der Waals surface area contributed by atoms with Crippen molar-refractivity contribution in [1.29, 1.82) is 0 Å². The Morgan fingerprint density at radius 2 is 1.87 bits per heavy atom. The van der Waals surface area contributed by atoms with Crippen LogP contribution in [0.3, 0.4) is 0 Å². The largest absolute Gasteiger partial charge is 0.381 e. The maximum atomic E-state index is 5.53. The monoisotopic (exact) mass is 213 g/mol. The molecule has 88 valence electrons. The lowest BCUT2D eigenvalue weighted by Crippen LogP contribution is -2.54. The summed E-state index contributed by atoms with van der Waals surface area (Å²) in [4.78, 5) is 2.59. The van der Waals surface area contributed by atoms with Gasteiger partial charge in [0.15, 0.2) is 0 Å². The van der Waals surface area contributed by atoms with Crippen LogP contribution in [0.5, 0.6) is 0 Å². The van der Waals surface area contributed by atoms with Crippen molar-refractivity contribution in [1.82, 2.24) is 4.90 Å². The maximum absolute atomic E-state index is 5.53.